The number of anilines is 1. The molecular weight excluding hydrogens is 577 g/mol. The lowest BCUT2D eigenvalue weighted by molar-refractivity contribution is -0.130. The topological polar surface area (TPSA) is 86.3 Å². The first kappa shape index (κ1) is 30.6. The van der Waals surface area contributed by atoms with Gasteiger partial charge in [0.2, 0.25) is 5.91 Å². The first-order valence-electron chi connectivity index (χ1n) is 14.7. The van der Waals surface area contributed by atoms with E-state index >= 15 is 0 Å². The lowest BCUT2D eigenvalue weighted by Gasteiger charge is -2.32. The lowest BCUT2D eigenvalue weighted by Crippen LogP contribution is -2.43. The number of aryl methyl sites for hydroxylation is 2. The van der Waals surface area contributed by atoms with Crippen molar-refractivity contribution in [2.75, 3.05) is 57.3 Å². The Bertz CT molecular complexity index is 1300. The van der Waals surface area contributed by atoms with Gasteiger partial charge in [0.1, 0.15) is 6.10 Å². The molecule has 1 aromatic carbocycles. The van der Waals surface area contributed by atoms with Crippen LogP contribution in [-0.4, -0.2) is 96.1 Å². The van der Waals surface area contributed by atoms with Crippen LogP contribution in [0.25, 0.3) is 0 Å². The largest absolute Gasteiger partial charge is 0.446 e. The second kappa shape index (κ2) is 13.2. The molecule has 2 aromatic rings. The molecule has 0 N–H and O–H groups in total. The molecule has 5 rings (SSSR count). The van der Waals surface area contributed by atoms with E-state index in [1.807, 2.05) is 24.8 Å². The Morgan fingerprint density at radius 3 is 2.29 bits per heavy atom. The standard InChI is InChI=1S/C31H39Cl2N5O4/c1-20-7-10-34-21(2)29(20)30(40)37-18-23-16-35(17-24(23)19-37)11-4-12-38(25-5-6-27(32)28(33)15-25)31(41)42-26-8-13-36(14-9-26)22(3)39/h5-7,10,15,23-24,26H,4,8-9,11-14,16-19H2,1-3H3. The second-order valence-electron chi connectivity index (χ2n) is 11.8. The van der Waals surface area contributed by atoms with Crippen LogP contribution in [0.1, 0.15) is 47.8 Å². The van der Waals surface area contributed by atoms with E-state index in [1.165, 1.54) is 0 Å². The molecule has 3 aliphatic heterocycles. The van der Waals surface area contributed by atoms with Gasteiger partial charge in [-0.25, -0.2) is 4.79 Å². The Kier molecular flexibility index (Phi) is 9.60. The summed E-state index contributed by atoms with van der Waals surface area (Å²) in [5.74, 6) is 1.02. The van der Waals surface area contributed by atoms with E-state index in [4.69, 9.17) is 27.9 Å². The van der Waals surface area contributed by atoms with Gasteiger partial charge in [0.05, 0.1) is 21.3 Å². The number of piperidine rings is 1. The van der Waals surface area contributed by atoms with Crippen molar-refractivity contribution in [1.82, 2.24) is 19.7 Å². The minimum Gasteiger partial charge on any atom is -0.446 e. The van der Waals surface area contributed by atoms with Crippen molar-refractivity contribution in [2.24, 2.45) is 11.8 Å². The molecule has 42 heavy (non-hydrogen) atoms. The molecule has 3 fully saturated rings. The van der Waals surface area contributed by atoms with Crippen molar-refractivity contribution in [3.8, 4) is 0 Å². The fourth-order valence-electron chi connectivity index (χ4n) is 6.54. The fourth-order valence-corrected chi connectivity index (χ4v) is 6.83. The van der Waals surface area contributed by atoms with Crippen molar-refractivity contribution in [2.45, 2.75) is 46.1 Å². The number of rotatable bonds is 7. The van der Waals surface area contributed by atoms with Crippen LogP contribution in [0.2, 0.25) is 10.0 Å². The van der Waals surface area contributed by atoms with Crippen LogP contribution in [0.4, 0.5) is 10.5 Å². The van der Waals surface area contributed by atoms with Crippen molar-refractivity contribution < 1.29 is 19.1 Å². The number of fused-ring (bicyclic) bond motifs is 1. The van der Waals surface area contributed by atoms with E-state index in [1.54, 1.807) is 41.1 Å². The van der Waals surface area contributed by atoms with E-state index in [0.717, 1.165) is 56.0 Å². The van der Waals surface area contributed by atoms with Gasteiger partial charge in [-0.1, -0.05) is 23.2 Å². The Morgan fingerprint density at radius 2 is 1.67 bits per heavy atom. The number of amides is 3. The molecule has 226 valence electrons. The maximum atomic E-state index is 13.4. The summed E-state index contributed by atoms with van der Waals surface area (Å²) >= 11 is 12.4. The average molecular weight is 617 g/mol. The van der Waals surface area contributed by atoms with E-state index in [0.29, 0.717) is 60.0 Å². The van der Waals surface area contributed by atoms with Crippen LogP contribution < -0.4 is 4.90 Å². The molecule has 11 heteroatoms. The summed E-state index contributed by atoms with van der Waals surface area (Å²) < 4.78 is 5.89. The quantitative estimate of drug-likeness (QED) is 0.433. The van der Waals surface area contributed by atoms with Gasteiger partial charge in [0.25, 0.3) is 5.91 Å². The molecule has 2 atom stereocenters. The van der Waals surface area contributed by atoms with Gasteiger partial charge in [0, 0.05) is 77.5 Å². The molecule has 0 bridgehead atoms. The zero-order valence-corrected chi connectivity index (χ0v) is 26.0. The smallest absolute Gasteiger partial charge is 0.414 e. The first-order chi connectivity index (χ1) is 20.1. The predicted octanol–water partition coefficient (Wildman–Crippen LogP) is 5.05. The van der Waals surface area contributed by atoms with Gasteiger partial charge >= 0.3 is 6.09 Å². The SMILES string of the molecule is CC(=O)N1CCC(OC(=O)N(CCCN2CC3CN(C(=O)c4c(C)ccnc4C)CC3C2)c2ccc(Cl)c(Cl)c2)CC1. The van der Waals surface area contributed by atoms with Crippen molar-refractivity contribution in [3.05, 3.63) is 57.3 Å². The van der Waals surface area contributed by atoms with Gasteiger partial charge in [-0.3, -0.25) is 19.5 Å². The number of benzene rings is 1. The predicted molar refractivity (Wildman–Crippen MR) is 163 cm³/mol. The highest BCUT2D eigenvalue weighted by Crippen LogP contribution is 2.33. The van der Waals surface area contributed by atoms with E-state index < -0.39 is 6.09 Å². The van der Waals surface area contributed by atoms with Crippen LogP contribution in [0.15, 0.2) is 30.5 Å². The third kappa shape index (κ3) is 6.84. The molecule has 4 heterocycles. The number of halogens is 2. The number of carbonyl (C=O) groups is 3. The van der Waals surface area contributed by atoms with Gasteiger partial charge in [-0.05, 0) is 68.5 Å². The summed E-state index contributed by atoms with van der Waals surface area (Å²) in [5.41, 5.74) is 3.13. The Labute approximate surface area is 257 Å². The molecule has 9 nitrogen and oxygen atoms in total. The first-order valence-corrected chi connectivity index (χ1v) is 15.5. The number of aromatic nitrogens is 1. The van der Waals surface area contributed by atoms with Crippen LogP contribution in [0, 0.1) is 25.7 Å². The summed E-state index contributed by atoms with van der Waals surface area (Å²) in [6.45, 7) is 11.3. The molecule has 3 saturated heterocycles. The maximum Gasteiger partial charge on any atom is 0.414 e. The summed E-state index contributed by atoms with van der Waals surface area (Å²) in [5, 5.41) is 0.806. The average Bonchev–Trinajstić information content (AvgIpc) is 3.52. The Balaban J connectivity index is 1.15. The highest BCUT2D eigenvalue weighted by atomic mass is 35.5. The number of hydrogen-bond donors (Lipinski definition) is 0. The summed E-state index contributed by atoms with van der Waals surface area (Å²) in [7, 11) is 0. The molecule has 3 aliphatic rings. The highest BCUT2D eigenvalue weighted by Gasteiger charge is 2.42. The number of hydrogen-bond acceptors (Lipinski definition) is 6. The van der Waals surface area contributed by atoms with Crippen molar-refractivity contribution >= 4 is 46.8 Å². The fraction of sp³-hybridized carbons (Fsp3) is 0.548. The monoisotopic (exact) mass is 615 g/mol. The lowest BCUT2D eigenvalue weighted by atomic mass is 10.0. The zero-order chi connectivity index (χ0) is 30.0. The van der Waals surface area contributed by atoms with Gasteiger partial charge in [0.15, 0.2) is 0 Å². The zero-order valence-electron chi connectivity index (χ0n) is 24.5. The minimum absolute atomic E-state index is 0.0428. The molecular formula is C31H39Cl2N5O4. The minimum atomic E-state index is -0.414. The number of carbonyl (C=O) groups excluding carboxylic acids is 3. The van der Waals surface area contributed by atoms with Crippen LogP contribution in [0.3, 0.4) is 0 Å². The van der Waals surface area contributed by atoms with E-state index in [-0.39, 0.29) is 17.9 Å². The highest BCUT2D eigenvalue weighted by molar-refractivity contribution is 6.42. The van der Waals surface area contributed by atoms with Gasteiger partial charge in [-0.2, -0.15) is 0 Å². The van der Waals surface area contributed by atoms with Crippen LogP contribution >= 0.6 is 23.2 Å². The third-order valence-corrected chi connectivity index (χ3v) is 9.60. The number of likely N-dealkylation sites (tertiary alicyclic amines) is 3. The number of ether oxygens (including phenoxy) is 1. The molecule has 0 spiro atoms. The van der Waals surface area contributed by atoms with Gasteiger partial charge in [-0.15, -0.1) is 0 Å². The molecule has 0 saturated carbocycles. The summed E-state index contributed by atoms with van der Waals surface area (Å²) in [4.78, 5) is 50.5. The Morgan fingerprint density at radius 1 is 0.976 bits per heavy atom. The summed E-state index contributed by atoms with van der Waals surface area (Å²) in [6.07, 6.45) is 3.10. The molecule has 1 aromatic heterocycles. The van der Waals surface area contributed by atoms with E-state index in [9.17, 15) is 14.4 Å². The van der Waals surface area contributed by atoms with Crippen LogP contribution in [0.5, 0.6) is 0 Å². The normalized spacial score (nSPS) is 21.0. The number of nitrogens with zero attached hydrogens (tertiary/aromatic N) is 5. The molecule has 2 unspecified atom stereocenters. The maximum absolute atomic E-state index is 13.4. The van der Waals surface area contributed by atoms with Crippen molar-refractivity contribution in [1.29, 1.82) is 0 Å². The third-order valence-electron chi connectivity index (χ3n) is 8.86. The van der Waals surface area contributed by atoms with Crippen molar-refractivity contribution in [3.63, 3.8) is 0 Å². The molecule has 3 amide bonds. The Hall–Kier alpha value is -2.88. The number of pyridine rings is 1. The molecule has 0 aliphatic carbocycles. The van der Waals surface area contributed by atoms with Gasteiger partial charge < -0.3 is 19.4 Å². The second-order valence-corrected chi connectivity index (χ2v) is 12.6. The molecule has 0 radical (unpaired) electrons. The van der Waals surface area contributed by atoms with E-state index in [2.05, 4.69) is 9.88 Å². The van der Waals surface area contributed by atoms with Crippen LogP contribution in [-0.2, 0) is 9.53 Å². The summed E-state index contributed by atoms with van der Waals surface area (Å²) in [6, 6.07) is 7.06.